The van der Waals surface area contributed by atoms with Crippen LogP contribution in [0.2, 0.25) is 0 Å². The molecule has 1 aliphatic carbocycles. The van der Waals surface area contributed by atoms with Gasteiger partial charge in [-0.2, -0.15) is 0 Å². The van der Waals surface area contributed by atoms with E-state index < -0.39 is 6.04 Å². The van der Waals surface area contributed by atoms with Crippen LogP contribution in [0.3, 0.4) is 0 Å². The van der Waals surface area contributed by atoms with Gasteiger partial charge in [-0.15, -0.1) is 12.4 Å². The van der Waals surface area contributed by atoms with Crippen LogP contribution in [-0.4, -0.2) is 25.1 Å². The SMILES string of the molecule is CCCC(N)C(=O)N(c1ccc(OC)cc1)C(C)C1CC1.Cl. The monoisotopic (exact) mass is 326 g/mol. The first-order valence-electron chi connectivity index (χ1n) is 7.81. The number of nitrogens with zero attached hydrogens (tertiary/aromatic N) is 1. The summed E-state index contributed by atoms with van der Waals surface area (Å²) < 4.78 is 5.19. The van der Waals surface area contributed by atoms with E-state index >= 15 is 0 Å². The lowest BCUT2D eigenvalue weighted by atomic mass is 10.1. The Morgan fingerprint density at radius 3 is 2.41 bits per heavy atom. The van der Waals surface area contributed by atoms with Gasteiger partial charge in [-0.05, 0) is 56.4 Å². The number of hydrogen-bond donors (Lipinski definition) is 1. The highest BCUT2D eigenvalue weighted by Gasteiger charge is 2.36. The Labute approximate surface area is 139 Å². The van der Waals surface area contributed by atoms with Gasteiger partial charge < -0.3 is 15.4 Å². The molecule has 0 bridgehead atoms. The summed E-state index contributed by atoms with van der Waals surface area (Å²) in [6.45, 7) is 4.17. The summed E-state index contributed by atoms with van der Waals surface area (Å²) in [5.74, 6) is 1.43. The maximum Gasteiger partial charge on any atom is 0.244 e. The fraction of sp³-hybridized carbons (Fsp3) is 0.588. The van der Waals surface area contributed by atoms with Crippen LogP contribution >= 0.6 is 12.4 Å². The zero-order valence-electron chi connectivity index (χ0n) is 13.6. The van der Waals surface area contributed by atoms with Crippen LogP contribution in [0.5, 0.6) is 5.75 Å². The summed E-state index contributed by atoms with van der Waals surface area (Å²) in [6.07, 6.45) is 4.04. The lowest BCUT2D eigenvalue weighted by Crippen LogP contribution is -2.48. The molecular weight excluding hydrogens is 300 g/mol. The van der Waals surface area contributed by atoms with Crippen molar-refractivity contribution >= 4 is 24.0 Å². The van der Waals surface area contributed by atoms with Crippen molar-refractivity contribution in [2.45, 2.75) is 51.6 Å². The molecule has 4 nitrogen and oxygen atoms in total. The summed E-state index contributed by atoms with van der Waals surface area (Å²) in [5, 5.41) is 0. The van der Waals surface area contributed by atoms with Crippen molar-refractivity contribution < 1.29 is 9.53 Å². The van der Waals surface area contributed by atoms with Crippen molar-refractivity contribution in [1.29, 1.82) is 0 Å². The number of carbonyl (C=O) groups is 1. The van der Waals surface area contributed by atoms with E-state index in [1.807, 2.05) is 29.2 Å². The van der Waals surface area contributed by atoms with Gasteiger partial charge in [-0.25, -0.2) is 0 Å². The number of rotatable bonds is 7. The van der Waals surface area contributed by atoms with Gasteiger partial charge in [-0.1, -0.05) is 13.3 Å². The summed E-state index contributed by atoms with van der Waals surface area (Å²) in [6, 6.07) is 7.44. The molecule has 1 saturated carbocycles. The highest BCUT2D eigenvalue weighted by atomic mass is 35.5. The van der Waals surface area contributed by atoms with E-state index in [-0.39, 0.29) is 24.4 Å². The van der Waals surface area contributed by atoms with Crippen molar-refractivity contribution in [1.82, 2.24) is 0 Å². The van der Waals surface area contributed by atoms with Crippen LogP contribution in [0.15, 0.2) is 24.3 Å². The molecule has 5 heteroatoms. The topological polar surface area (TPSA) is 55.6 Å². The fourth-order valence-electron chi connectivity index (χ4n) is 2.71. The zero-order chi connectivity index (χ0) is 15.4. The van der Waals surface area contributed by atoms with E-state index in [1.54, 1.807) is 7.11 Å². The molecule has 2 unspecified atom stereocenters. The Morgan fingerprint density at radius 1 is 1.36 bits per heavy atom. The van der Waals surface area contributed by atoms with Crippen LogP contribution < -0.4 is 15.4 Å². The molecule has 0 aromatic heterocycles. The number of nitrogens with two attached hydrogens (primary N) is 1. The third-order valence-electron chi connectivity index (χ3n) is 4.22. The number of hydrogen-bond acceptors (Lipinski definition) is 3. The Kier molecular flexibility index (Phi) is 7.17. The average Bonchev–Trinajstić information content (AvgIpc) is 3.33. The largest absolute Gasteiger partial charge is 0.497 e. The van der Waals surface area contributed by atoms with Crippen LogP contribution in [-0.2, 0) is 4.79 Å². The molecule has 0 heterocycles. The molecule has 124 valence electrons. The minimum atomic E-state index is -0.418. The van der Waals surface area contributed by atoms with E-state index in [0.717, 1.165) is 24.3 Å². The molecule has 1 fully saturated rings. The van der Waals surface area contributed by atoms with Crippen molar-refractivity contribution in [3.63, 3.8) is 0 Å². The maximum absolute atomic E-state index is 12.7. The van der Waals surface area contributed by atoms with Gasteiger partial charge in [0.15, 0.2) is 0 Å². The molecule has 0 spiro atoms. The summed E-state index contributed by atoms with van der Waals surface area (Å²) in [5.41, 5.74) is 6.97. The average molecular weight is 327 g/mol. The summed E-state index contributed by atoms with van der Waals surface area (Å²) >= 11 is 0. The van der Waals surface area contributed by atoms with Gasteiger partial charge in [0.05, 0.1) is 13.2 Å². The highest BCUT2D eigenvalue weighted by molar-refractivity contribution is 5.97. The van der Waals surface area contributed by atoms with E-state index in [9.17, 15) is 4.79 Å². The summed E-state index contributed by atoms with van der Waals surface area (Å²) in [7, 11) is 1.64. The molecule has 1 amide bonds. The van der Waals surface area contributed by atoms with E-state index in [1.165, 1.54) is 12.8 Å². The normalized spacial score (nSPS) is 16.4. The molecular formula is C17H27ClN2O2. The molecule has 22 heavy (non-hydrogen) atoms. The summed E-state index contributed by atoms with van der Waals surface area (Å²) in [4.78, 5) is 14.6. The lowest BCUT2D eigenvalue weighted by Gasteiger charge is -2.32. The van der Waals surface area contributed by atoms with E-state index in [2.05, 4.69) is 13.8 Å². The second-order valence-electron chi connectivity index (χ2n) is 5.88. The maximum atomic E-state index is 12.7. The number of anilines is 1. The van der Waals surface area contributed by atoms with E-state index in [4.69, 9.17) is 10.5 Å². The molecule has 0 radical (unpaired) electrons. The van der Waals surface area contributed by atoms with Crippen LogP contribution in [0.25, 0.3) is 0 Å². The Balaban J connectivity index is 0.00000242. The van der Waals surface area contributed by atoms with Crippen molar-refractivity contribution in [3.05, 3.63) is 24.3 Å². The van der Waals surface area contributed by atoms with Gasteiger partial charge in [0.2, 0.25) is 5.91 Å². The van der Waals surface area contributed by atoms with Crippen molar-refractivity contribution in [3.8, 4) is 5.75 Å². The smallest absolute Gasteiger partial charge is 0.244 e. The standard InChI is InChI=1S/C17H26N2O2.ClH/c1-4-5-16(18)17(20)19(12(2)13-6-7-13)14-8-10-15(21-3)11-9-14;/h8-13,16H,4-7,18H2,1-3H3;1H. The number of amides is 1. The van der Waals surface area contributed by atoms with E-state index in [0.29, 0.717) is 5.92 Å². The molecule has 1 aromatic carbocycles. The Morgan fingerprint density at radius 2 is 1.95 bits per heavy atom. The van der Waals surface area contributed by atoms with Gasteiger partial charge in [-0.3, -0.25) is 4.79 Å². The van der Waals surface area contributed by atoms with Crippen molar-refractivity contribution in [2.24, 2.45) is 11.7 Å². The molecule has 0 saturated heterocycles. The molecule has 1 aromatic rings. The number of ether oxygens (including phenoxy) is 1. The zero-order valence-corrected chi connectivity index (χ0v) is 14.4. The van der Waals surface area contributed by atoms with Crippen LogP contribution in [0.1, 0.15) is 39.5 Å². The molecule has 0 aliphatic heterocycles. The molecule has 2 rings (SSSR count). The first-order chi connectivity index (χ1) is 10.1. The first-order valence-corrected chi connectivity index (χ1v) is 7.81. The third-order valence-corrected chi connectivity index (χ3v) is 4.22. The van der Waals surface area contributed by atoms with Gasteiger partial charge >= 0.3 is 0 Å². The van der Waals surface area contributed by atoms with Crippen molar-refractivity contribution in [2.75, 3.05) is 12.0 Å². The molecule has 1 aliphatic rings. The second kappa shape index (κ2) is 8.39. The first kappa shape index (κ1) is 18.8. The number of carbonyl (C=O) groups excluding carboxylic acids is 1. The van der Waals surface area contributed by atoms with Crippen LogP contribution in [0.4, 0.5) is 5.69 Å². The highest BCUT2D eigenvalue weighted by Crippen LogP contribution is 2.37. The Hall–Kier alpha value is -1.26. The number of methoxy groups -OCH3 is 1. The molecule has 2 atom stereocenters. The molecule has 2 N–H and O–H groups in total. The third kappa shape index (κ3) is 4.37. The minimum absolute atomic E-state index is 0. The second-order valence-corrected chi connectivity index (χ2v) is 5.88. The predicted molar refractivity (Wildman–Crippen MR) is 92.8 cm³/mol. The predicted octanol–water partition coefficient (Wildman–Crippen LogP) is 3.38. The number of benzene rings is 1. The number of halogens is 1. The van der Waals surface area contributed by atoms with Gasteiger partial charge in [0.25, 0.3) is 0 Å². The fourth-order valence-corrected chi connectivity index (χ4v) is 2.71. The van der Waals surface area contributed by atoms with Crippen LogP contribution in [0, 0.1) is 5.92 Å². The van der Waals surface area contributed by atoms with Gasteiger partial charge in [0, 0.05) is 11.7 Å². The quantitative estimate of drug-likeness (QED) is 0.835. The Bertz CT molecular complexity index is 474. The lowest BCUT2D eigenvalue weighted by molar-refractivity contribution is -0.120. The van der Waals surface area contributed by atoms with Gasteiger partial charge in [0.1, 0.15) is 5.75 Å². The minimum Gasteiger partial charge on any atom is -0.497 e.